The van der Waals surface area contributed by atoms with Crippen LogP contribution in [0.3, 0.4) is 0 Å². The lowest BCUT2D eigenvalue weighted by Crippen LogP contribution is -2.21. The van der Waals surface area contributed by atoms with Gasteiger partial charge in [-0.1, -0.05) is 23.9 Å². The number of pyridine rings is 1. The van der Waals surface area contributed by atoms with Crippen LogP contribution in [0, 0.1) is 0 Å². The third-order valence-corrected chi connectivity index (χ3v) is 4.98. The van der Waals surface area contributed by atoms with Crippen LogP contribution in [0.1, 0.15) is 22.8 Å². The molecule has 7 heteroatoms. The Kier molecular flexibility index (Phi) is 5.68. The number of amides is 1. The van der Waals surface area contributed by atoms with Crippen LogP contribution < -0.4 is 0 Å². The zero-order valence-corrected chi connectivity index (χ0v) is 15.9. The van der Waals surface area contributed by atoms with Crippen molar-refractivity contribution in [3.8, 4) is 11.4 Å². The maximum Gasteiger partial charge on any atom is 0.253 e. The van der Waals surface area contributed by atoms with E-state index in [9.17, 15) is 4.79 Å². The topological polar surface area (TPSA) is 63.9 Å². The maximum absolute atomic E-state index is 12.0. The van der Waals surface area contributed by atoms with E-state index in [-0.39, 0.29) is 5.91 Å². The van der Waals surface area contributed by atoms with Gasteiger partial charge in [0.2, 0.25) is 0 Å². The molecule has 0 atom stereocenters. The molecule has 1 amide bonds. The highest BCUT2D eigenvalue weighted by molar-refractivity contribution is 7.98. The number of carbonyl (C=O) groups is 1. The van der Waals surface area contributed by atoms with Crippen LogP contribution in [0.5, 0.6) is 0 Å². The molecule has 0 saturated heterocycles. The van der Waals surface area contributed by atoms with Crippen LogP contribution in [0.25, 0.3) is 11.4 Å². The third-order valence-electron chi connectivity index (χ3n) is 3.95. The highest BCUT2D eigenvalue weighted by atomic mass is 32.2. The lowest BCUT2D eigenvalue weighted by Gasteiger charge is -2.10. The van der Waals surface area contributed by atoms with Crippen molar-refractivity contribution in [1.29, 1.82) is 0 Å². The zero-order chi connectivity index (χ0) is 18.5. The molecule has 1 aromatic carbocycles. The first-order valence-corrected chi connectivity index (χ1v) is 9.35. The number of hydrogen-bond acceptors (Lipinski definition) is 5. The van der Waals surface area contributed by atoms with E-state index in [1.54, 1.807) is 43.2 Å². The molecule has 0 aliphatic heterocycles. The Hall–Kier alpha value is -2.67. The average molecular weight is 367 g/mol. The van der Waals surface area contributed by atoms with E-state index in [0.717, 1.165) is 34.4 Å². The van der Waals surface area contributed by atoms with Gasteiger partial charge in [0.15, 0.2) is 11.0 Å². The molecule has 0 bridgehead atoms. The molecule has 0 saturated carbocycles. The molecule has 0 spiro atoms. The maximum atomic E-state index is 12.0. The lowest BCUT2D eigenvalue weighted by molar-refractivity contribution is 0.0827. The fourth-order valence-corrected chi connectivity index (χ4v) is 3.50. The van der Waals surface area contributed by atoms with Crippen molar-refractivity contribution in [2.45, 2.75) is 24.4 Å². The summed E-state index contributed by atoms with van der Waals surface area (Å²) in [5, 5.41) is 9.56. The molecule has 0 unspecified atom stereocenters. The number of hydrogen-bond donors (Lipinski definition) is 0. The predicted molar refractivity (Wildman–Crippen MR) is 103 cm³/mol. The Bertz CT molecular complexity index is 875. The second-order valence-corrected chi connectivity index (χ2v) is 6.91. The third kappa shape index (κ3) is 3.94. The summed E-state index contributed by atoms with van der Waals surface area (Å²) in [5.41, 5.74) is 2.84. The van der Waals surface area contributed by atoms with Crippen LogP contribution in [-0.4, -0.2) is 44.7 Å². The summed E-state index contributed by atoms with van der Waals surface area (Å²) in [7, 11) is 3.51. The molecule has 3 aromatic rings. The first-order valence-electron chi connectivity index (χ1n) is 8.37. The van der Waals surface area contributed by atoms with Crippen molar-refractivity contribution in [3.05, 3.63) is 59.9 Å². The molecular formula is C19H21N5OS. The number of aromatic nitrogens is 4. The van der Waals surface area contributed by atoms with Gasteiger partial charge in [0.05, 0.1) is 0 Å². The summed E-state index contributed by atoms with van der Waals surface area (Å²) < 4.78 is 2.10. The molecule has 0 aliphatic rings. The van der Waals surface area contributed by atoms with Crippen molar-refractivity contribution < 1.29 is 4.79 Å². The molecule has 0 aliphatic carbocycles. The molecule has 0 fully saturated rings. The van der Waals surface area contributed by atoms with Crippen LogP contribution >= 0.6 is 11.8 Å². The summed E-state index contributed by atoms with van der Waals surface area (Å²) in [5.74, 6) is 1.63. The van der Waals surface area contributed by atoms with Gasteiger partial charge in [0.1, 0.15) is 0 Å². The van der Waals surface area contributed by atoms with Crippen molar-refractivity contribution >= 4 is 17.7 Å². The molecule has 6 nitrogen and oxygen atoms in total. The fraction of sp³-hybridized carbons (Fsp3) is 0.263. The van der Waals surface area contributed by atoms with E-state index in [2.05, 4.69) is 26.7 Å². The lowest BCUT2D eigenvalue weighted by atomic mass is 10.1. The van der Waals surface area contributed by atoms with Gasteiger partial charge >= 0.3 is 0 Å². The van der Waals surface area contributed by atoms with E-state index >= 15 is 0 Å². The van der Waals surface area contributed by atoms with Gasteiger partial charge < -0.3 is 9.47 Å². The van der Waals surface area contributed by atoms with Crippen molar-refractivity contribution in [3.63, 3.8) is 0 Å². The second-order valence-electron chi connectivity index (χ2n) is 5.97. The first kappa shape index (κ1) is 18.1. The number of benzene rings is 1. The quantitative estimate of drug-likeness (QED) is 0.625. The second kappa shape index (κ2) is 8.14. The first-order chi connectivity index (χ1) is 12.6. The van der Waals surface area contributed by atoms with Crippen LogP contribution in [0.2, 0.25) is 0 Å². The standard InChI is InChI=1S/C19H21N5OS/c1-4-24-17(15-9-11-20-12-10-15)21-22-19(24)26-13-14-5-7-16(8-6-14)18(25)23(2)3/h5-12H,4,13H2,1-3H3. The normalized spacial score (nSPS) is 10.7. The Balaban J connectivity index is 1.72. The fourth-order valence-electron chi connectivity index (χ4n) is 2.54. The molecule has 0 radical (unpaired) electrons. The SMILES string of the molecule is CCn1c(SCc2ccc(C(=O)N(C)C)cc2)nnc1-c1ccncc1. The highest BCUT2D eigenvalue weighted by Gasteiger charge is 2.13. The summed E-state index contributed by atoms with van der Waals surface area (Å²) >= 11 is 1.64. The minimum atomic E-state index is 0.0110. The van der Waals surface area contributed by atoms with E-state index in [1.165, 1.54) is 0 Å². The summed E-state index contributed by atoms with van der Waals surface area (Å²) in [6, 6.07) is 11.6. The van der Waals surface area contributed by atoms with E-state index < -0.39 is 0 Å². The van der Waals surface area contributed by atoms with Crippen molar-refractivity contribution in [2.24, 2.45) is 0 Å². The van der Waals surface area contributed by atoms with E-state index in [4.69, 9.17) is 0 Å². The monoisotopic (exact) mass is 367 g/mol. The van der Waals surface area contributed by atoms with Gasteiger partial charge in [-0.2, -0.15) is 0 Å². The number of nitrogens with zero attached hydrogens (tertiary/aromatic N) is 5. The Morgan fingerprint density at radius 3 is 2.38 bits per heavy atom. The van der Waals surface area contributed by atoms with Crippen LogP contribution in [0.4, 0.5) is 0 Å². The van der Waals surface area contributed by atoms with Crippen LogP contribution in [-0.2, 0) is 12.3 Å². The minimum absolute atomic E-state index is 0.0110. The van der Waals surface area contributed by atoms with Crippen molar-refractivity contribution in [2.75, 3.05) is 14.1 Å². The van der Waals surface area contributed by atoms with Crippen LogP contribution in [0.15, 0.2) is 53.9 Å². The van der Waals surface area contributed by atoms with Gasteiger partial charge in [-0.25, -0.2) is 0 Å². The minimum Gasteiger partial charge on any atom is -0.345 e. The predicted octanol–water partition coefficient (Wildman–Crippen LogP) is 3.35. The number of rotatable bonds is 6. The van der Waals surface area contributed by atoms with E-state index in [0.29, 0.717) is 5.56 Å². The highest BCUT2D eigenvalue weighted by Crippen LogP contribution is 2.26. The summed E-state index contributed by atoms with van der Waals surface area (Å²) in [6.45, 7) is 2.88. The average Bonchev–Trinajstić information content (AvgIpc) is 3.09. The van der Waals surface area contributed by atoms with E-state index in [1.807, 2.05) is 36.4 Å². The molecular weight excluding hydrogens is 346 g/mol. The Morgan fingerprint density at radius 1 is 1.08 bits per heavy atom. The smallest absolute Gasteiger partial charge is 0.253 e. The zero-order valence-electron chi connectivity index (χ0n) is 15.1. The van der Waals surface area contributed by atoms with Gasteiger partial charge in [0, 0.05) is 49.9 Å². The van der Waals surface area contributed by atoms with Gasteiger partial charge in [0.25, 0.3) is 5.91 Å². The molecule has 2 aromatic heterocycles. The summed E-state index contributed by atoms with van der Waals surface area (Å²) in [4.78, 5) is 17.6. The molecule has 134 valence electrons. The summed E-state index contributed by atoms with van der Waals surface area (Å²) in [6.07, 6.45) is 3.51. The Labute approximate surface area is 157 Å². The molecule has 2 heterocycles. The molecule has 0 N–H and O–H groups in total. The largest absolute Gasteiger partial charge is 0.345 e. The number of thioether (sulfide) groups is 1. The van der Waals surface area contributed by atoms with Crippen molar-refractivity contribution in [1.82, 2.24) is 24.6 Å². The van der Waals surface area contributed by atoms with Gasteiger partial charge in [-0.15, -0.1) is 10.2 Å². The Morgan fingerprint density at radius 2 is 1.77 bits per heavy atom. The van der Waals surface area contributed by atoms with Gasteiger partial charge in [-0.05, 0) is 36.8 Å². The molecule has 3 rings (SSSR count). The van der Waals surface area contributed by atoms with Gasteiger partial charge in [-0.3, -0.25) is 9.78 Å². The molecule has 26 heavy (non-hydrogen) atoms. The number of carbonyl (C=O) groups excluding carboxylic acids is 1.